The summed E-state index contributed by atoms with van der Waals surface area (Å²) in [7, 11) is 2.00. The number of thiazole rings is 1. The molecular weight excluding hydrogens is 284 g/mol. The smallest absolute Gasteiger partial charge is 0.306 e. The Bertz CT molecular complexity index is 610. The molecule has 1 heterocycles. The number of nitrogens with zero attached hydrogens (tertiary/aromatic N) is 2. The van der Waals surface area contributed by atoms with Gasteiger partial charge in [-0.3, -0.25) is 4.79 Å². The maximum Gasteiger partial charge on any atom is 0.306 e. The summed E-state index contributed by atoms with van der Waals surface area (Å²) in [6, 6.07) is 8.30. The van der Waals surface area contributed by atoms with Crippen LogP contribution in [0.4, 0.5) is 10.8 Å². The summed E-state index contributed by atoms with van der Waals surface area (Å²) in [4.78, 5) is 18.0. The predicted molar refractivity (Wildman–Crippen MR) is 86.3 cm³/mol. The van der Waals surface area contributed by atoms with E-state index in [4.69, 9.17) is 4.74 Å². The highest BCUT2D eigenvalue weighted by Gasteiger charge is 2.10. The minimum absolute atomic E-state index is 0.168. The van der Waals surface area contributed by atoms with E-state index in [1.54, 1.807) is 11.3 Å². The second kappa shape index (κ2) is 7.22. The molecule has 0 aliphatic heterocycles. The average Bonchev–Trinajstić information content (AvgIpc) is 2.93. The Morgan fingerprint density at radius 3 is 2.95 bits per heavy atom. The zero-order valence-electron chi connectivity index (χ0n) is 12.6. The third kappa shape index (κ3) is 4.29. The summed E-state index contributed by atoms with van der Waals surface area (Å²) in [5, 5.41) is 2.93. The SMILES string of the molecule is CCOC(=O)CCc1csc(N(C)c2cccc(C)c2)n1. The van der Waals surface area contributed by atoms with E-state index < -0.39 is 0 Å². The van der Waals surface area contributed by atoms with Crippen LogP contribution in [0.1, 0.15) is 24.6 Å². The van der Waals surface area contributed by atoms with Gasteiger partial charge in [0.2, 0.25) is 0 Å². The Hall–Kier alpha value is -1.88. The summed E-state index contributed by atoms with van der Waals surface area (Å²) in [6.45, 7) is 4.32. The van der Waals surface area contributed by atoms with Crippen molar-refractivity contribution in [1.29, 1.82) is 0 Å². The van der Waals surface area contributed by atoms with Gasteiger partial charge in [0.05, 0.1) is 18.7 Å². The van der Waals surface area contributed by atoms with Gasteiger partial charge in [-0.25, -0.2) is 4.98 Å². The third-order valence-corrected chi connectivity index (χ3v) is 4.07. The Kier molecular flexibility index (Phi) is 5.33. The van der Waals surface area contributed by atoms with E-state index in [0.717, 1.165) is 16.5 Å². The molecule has 0 aliphatic rings. The molecule has 0 atom stereocenters. The van der Waals surface area contributed by atoms with E-state index in [1.807, 2.05) is 25.4 Å². The second-order valence-corrected chi connectivity index (χ2v) is 5.66. The lowest BCUT2D eigenvalue weighted by molar-refractivity contribution is -0.143. The molecule has 0 spiro atoms. The van der Waals surface area contributed by atoms with E-state index in [9.17, 15) is 4.79 Å². The standard InChI is InChI=1S/C16H20N2O2S/c1-4-20-15(19)9-8-13-11-21-16(17-13)18(3)14-7-5-6-12(2)10-14/h5-7,10-11H,4,8-9H2,1-3H3. The van der Waals surface area contributed by atoms with Gasteiger partial charge < -0.3 is 9.64 Å². The maximum atomic E-state index is 11.4. The normalized spacial score (nSPS) is 10.4. The molecule has 1 aromatic carbocycles. The van der Waals surface area contributed by atoms with Gasteiger partial charge in [0, 0.05) is 24.5 Å². The van der Waals surface area contributed by atoms with Crippen molar-refractivity contribution in [2.75, 3.05) is 18.6 Å². The first-order valence-electron chi connectivity index (χ1n) is 7.00. The fourth-order valence-electron chi connectivity index (χ4n) is 1.98. The first-order chi connectivity index (χ1) is 10.1. The summed E-state index contributed by atoms with van der Waals surface area (Å²) in [5.41, 5.74) is 3.27. The van der Waals surface area contributed by atoms with Crippen LogP contribution >= 0.6 is 11.3 Å². The highest BCUT2D eigenvalue weighted by molar-refractivity contribution is 7.13. The average molecular weight is 304 g/mol. The van der Waals surface area contributed by atoms with E-state index in [1.165, 1.54) is 5.56 Å². The minimum Gasteiger partial charge on any atom is -0.466 e. The molecule has 5 heteroatoms. The van der Waals surface area contributed by atoms with Crippen molar-refractivity contribution in [3.05, 3.63) is 40.9 Å². The molecule has 21 heavy (non-hydrogen) atoms. The van der Waals surface area contributed by atoms with Gasteiger partial charge in [-0.2, -0.15) is 0 Å². The molecule has 0 radical (unpaired) electrons. The Balaban J connectivity index is 2.00. The fraction of sp³-hybridized carbons (Fsp3) is 0.375. The number of aromatic nitrogens is 1. The second-order valence-electron chi connectivity index (χ2n) is 4.82. The number of anilines is 2. The lowest BCUT2D eigenvalue weighted by Crippen LogP contribution is -2.09. The molecule has 1 aromatic heterocycles. The highest BCUT2D eigenvalue weighted by atomic mass is 32.1. The third-order valence-electron chi connectivity index (χ3n) is 3.11. The molecule has 2 rings (SSSR count). The number of carbonyl (C=O) groups is 1. The molecular formula is C16H20N2O2S. The molecule has 0 bridgehead atoms. The van der Waals surface area contributed by atoms with Gasteiger partial charge in [0.15, 0.2) is 5.13 Å². The van der Waals surface area contributed by atoms with Gasteiger partial charge in [0.25, 0.3) is 0 Å². The van der Waals surface area contributed by atoms with Crippen molar-refractivity contribution >= 4 is 28.1 Å². The molecule has 0 N–H and O–H groups in total. The fourth-order valence-corrected chi connectivity index (χ4v) is 2.82. The van der Waals surface area contributed by atoms with Crippen LogP contribution in [0.25, 0.3) is 0 Å². The van der Waals surface area contributed by atoms with Crippen molar-refractivity contribution in [1.82, 2.24) is 4.98 Å². The van der Waals surface area contributed by atoms with Crippen molar-refractivity contribution in [2.24, 2.45) is 0 Å². The molecule has 0 amide bonds. The molecule has 112 valence electrons. The zero-order chi connectivity index (χ0) is 15.2. The van der Waals surface area contributed by atoms with Crippen LogP contribution in [0, 0.1) is 6.92 Å². The van der Waals surface area contributed by atoms with Gasteiger partial charge in [-0.15, -0.1) is 11.3 Å². The van der Waals surface area contributed by atoms with Crippen LogP contribution in [0.2, 0.25) is 0 Å². The number of ether oxygens (including phenoxy) is 1. The number of esters is 1. The number of aryl methyl sites for hydroxylation is 2. The molecule has 0 saturated carbocycles. The van der Waals surface area contributed by atoms with E-state index in [2.05, 4.69) is 35.0 Å². The molecule has 2 aromatic rings. The highest BCUT2D eigenvalue weighted by Crippen LogP contribution is 2.27. The van der Waals surface area contributed by atoms with Crippen molar-refractivity contribution in [2.45, 2.75) is 26.7 Å². The van der Waals surface area contributed by atoms with Crippen LogP contribution in [0.15, 0.2) is 29.6 Å². The topological polar surface area (TPSA) is 42.4 Å². The molecule has 0 saturated heterocycles. The van der Waals surface area contributed by atoms with Gasteiger partial charge in [-0.1, -0.05) is 12.1 Å². The predicted octanol–water partition coefficient (Wildman–Crippen LogP) is 3.72. The van der Waals surface area contributed by atoms with Crippen LogP contribution in [-0.2, 0) is 16.0 Å². The lowest BCUT2D eigenvalue weighted by atomic mass is 10.2. The molecule has 0 unspecified atom stereocenters. The Labute approximate surface area is 129 Å². The van der Waals surface area contributed by atoms with Gasteiger partial charge >= 0.3 is 5.97 Å². The number of carbonyl (C=O) groups excluding carboxylic acids is 1. The van der Waals surface area contributed by atoms with Crippen molar-refractivity contribution < 1.29 is 9.53 Å². The van der Waals surface area contributed by atoms with E-state index in [-0.39, 0.29) is 5.97 Å². The van der Waals surface area contributed by atoms with Gasteiger partial charge in [0.1, 0.15) is 0 Å². The van der Waals surface area contributed by atoms with Crippen LogP contribution in [0.3, 0.4) is 0 Å². The molecule has 4 nitrogen and oxygen atoms in total. The van der Waals surface area contributed by atoms with Crippen LogP contribution in [0.5, 0.6) is 0 Å². The summed E-state index contributed by atoms with van der Waals surface area (Å²) in [6.07, 6.45) is 1.00. The van der Waals surface area contributed by atoms with E-state index >= 15 is 0 Å². The summed E-state index contributed by atoms with van der Waals surface area (Å²) >= 11 is 1.59. The minimum atomic E-state index is -0.168. The largest absolute Gasteiger partial charge is 0.466 e. The van der Waals surface area contributed by atoms with Gasteiger partial charge in [-0.05, 0) is 31.5 Å². The van der Waals surface area contributed by atoms with Crippen LogP contribution < -0.4 is 4.90 Å². The number of rotatable bonds is 6. The Morgan fingerprint density at radius 2 is 2.24 bits per heavy atom. The number of benzene rings is 1. The zero-order valence-corrected chi connectivity index (χ0v) is 13.4. The van der Waals surface area contributed by atoms with E-state index in [0.29, 0.717) is 19.4 Å². The summed E-state index contributed by atoms with van der Waals surface area (Å²) < 4.78 is 4.93. The molecule has 0 aliphatic carbocycles. The van der Waals surface area contributed by atoms with Crippen molar-refractivity contribution in [3.8, 4) is 0 Å². The monoisotopic (exact) mass is 304 g/mol. The first kappa shape index (κ1) is 15.5. The molecule has 0 fully saturated rings. The maximum absolute atomic E-state index is 11.4. The lowest BCUT2D eigenvalue weighted by Gasteiger charge is -2.16. The van der Waals surface area contributed by atoms with Crippen LogP contribution in [-0.4, -0.2) is 24.6 Å². The quantitative estimate of drug-likeness (QED) is 0.763. The first-order valence-corrected chi connectivity index (χ1v) is 7.88. The van der Waals surface area contributed by atoms with Crippen molar-refractivity contribution in [3.63, 3.8) is 0 Å². The number of hydrogen-bond acceptors (Lipinski definition) is 5. The number of hydrogen-bond donors (Lipinski definition) is 0. The summed E-state index contributed by atoms with van der Waals surface area (Å²) in [5.74, 6) is -0.168. The Morgan fingerprint density at radius 1 is 1.43 bits per heavy atom.